The molecule has 0 saturated heterocycles. The summed E-state index contributed by atoms with van der Waals surface area (Å²) in [4.78, 5) is 33.9. The minimum atomic E-state index is -0.231. The third-order valence-corrected chi connectivity index (χ3v) is 4.41. The summed E-state index contributed by atoms with van der Waals surface area (Å²) >= 11 is 0. The molecule has 0 amide bonds. The molecule has 4 rings (SSSR count). The van der Waals surface area contributed by atoms with Crippen LogP contribution in [0.25, 0.3) is 16.9 Å². The van der Waals surface area contributed by atoms with E-state index in [0.29, 0.717) is 34.5 Å². The highest BCUT2D eigenvalue weighted by Crippen LogP contribution is 2.16. The maximum atomic E-state index is 13.2. The number of hydrogen-bond acceptors (Lipinski definition) is 4. The zero-order chi connectivity index (χ0) is 18.8. The van der Waals surface area contributed by atoms with Crippen LogP contribution >= 0.6 is 0 Å². The number of carbonyl (C=O) groups excluding carboxylic acids is 1. The van der Waals surface area contributed by atoms with Crippen molar-refractivity contribution in [2.75, 3.05) is 0 Å². The highest BCUT2D eigenvalue weighted by atomic mass is 16.1. The van der Waals surface area contributed by atoms with Gasteiger partial charge in [0, 0.05) is 18.2 Å². The van der Waals surface area contributed by atoms with E-state index in [1.807, 2.05) is 36.4 Å². The Morgan fingerprint density at radius 2 is 1.81 bits per heavy atom. The molecule has 0 radical (unpaired) electrons. The summed E-state index contributed by atoms with van der Waals surface area (Å²) in [6.45, 7) is 1.51. The van der Waals surface area contributed by atoms with E-state index in [-0.39, 0.29) is 11.3 Å². The van der Waals surface area contributed by atoms with Crippen molar-refractivity contribution in [3.8, 4) is 5.69 Å². The third-order valence-electron chi connectivity index (χ3n) is 4.41. The first kappa shape index (κ1) is 16.8. The Morgan fingerprint density at radius 1 is 1.00 bits per heavy atom. The number of nitrogens with zero attached hydrogens (tertiary/aromatic N) is 3. The highest BCUT2D eigenvalue weighted by Gasteiger charge is 2.14. The second kappa shape index (κ2) is 6.96. The van der Waals surface area contributed by atoms with Crippen LogP contribution < -0.4 is 5.56 Å². The fourth-order valence-electron chi connectivity index (χ4n) is 3.07. The predicted molar refractivity (Wildman–Crippen MR) is 104 cm³/mol. The molecule has 27 heavy (non-hydrogen) atoms. The molecule has 0 N–H and O–H groups in total. The van der Waals surface area contributed by atoms with E-state index in [1.165, 1.54) is 11.5 Å². The van der Waals surface area contributed by atoms with Gasteiger partial charge in [0.05, 0.1) is 5.69 Å². The van der Waals surface area contributed by atoms with E-state index in [4.69, 9.17) is 0 Å². The average molecular weight is 355 g/mol. The Hall–Kier alpha value is -3.60. The zero-order valence-corrected chi connectivity index (χ0v) is 14.8. The Kier molecular flexibility index (Phi) is 4.34. The number of carbonyl (C=O) groups is 1. The van der Waals surface area contributed by atoms with Crippen LogP contribution in [-0.2, 0) is 6.42 Å². The normalized spacial score (nSPS) is 10.9. The molecular weight excluding hydrogens is 338 g/mol. The maximum Gasteiger partial charge on any atom is 0.278 e. The maximum absolute atomic E-state index is 13.2. The molecule has 0 aliphatic heterocycles. The molecule has 2 aromatic heterocycles. The van der Waals surface area contributed by atoms with Gasteiger partial charge in [0.25, 0.3) is 5.56 Å². The molecule has 0 aliphatic rings. The Labute approximate surface area is 156 Å². The smallest absolute Gasteiger partial charge is 0.278 e. The topological polar surface area (TPSA) is 64.8 Å². The highest BCUT2D eigenvalue weighted by molar-refractivity contribution is 5.94. The first-order valence-corrected chi connectivity index (χ1v) is 8.65. The molecule has 5 heteroatoms. The third kappa shape index (κ3) is 3.27. The SMILES string of the molecule is CC(=O)c1cccc(-n2c(=O)c(Cc3ccccc3)nc3cccnc32)c1. The van der Waals surface area contributed by atoms with Gasteiger partial charge < -0.3 is 0 Å². The van der Waals surface area contributed by atoms with Crippen LogP contribution in [-0.4, -0.2) is 20.3 Å². The number of benzene rings is 2. The van der Waals surface area contributed by atoms with Gasteiger partial charge in [0.2, 0.25) is 0 Å². The summed E-state index contributed by atoms with van der Waals surface area (Å²) in [6.07, 6.45) is 2.06. The van der Waals surface area contributed by atoms with Gasteiger partial charge in [-0.15, -0.1) is 0 Å². The lowest BCUT2D eigenvalue weighted by molar-refractivity contribution is 0.101. The number of rotatable bonds is 4. The number of pyridine rings is 1. The summed E-state index contributed by atoms with van der Waals surface area (Å²) in [5, 5.41) is 0. The van der Waals surface area contributed by atoms with E-state index >= 15 is 0 Å². The summed E-state index contributed by atoms with van der Waals surface area (Å²) in [5.41, 5.74) is 3.48. The zero-order valence-electron chi connectivity index (χ0n) is 14.8. The van der Waals surface area contributed by atoms with Crippen LogP contribution in [0.1, 0.15) is 28.5 Å². The molecule has 0 aliphatic carbocycles. The number of ketones is 1. The van der Waals surface area contributed by atoms with Gasteiger partial charge in [0.1, 0.15) is 11.2 Å². The minimum Gasteiger partial charge on any atom is -0.295 e. The van der Waals surface area contributed by atoms with Crippen molar-refractivity contribution in [1.29, 1.82) is 0 Å². The van der Waals surface area contributed by atoms with Crippen LogP contribution in [0, 0.1) is 0 Å². The van der Waals surface area contributed by atoms with Gasteiger partial charge in [-0.25, -0.2) is 9.97 Å². The van der Waals surface area contributed by atoms with Crippen LogP contribution in [0.3, 0.4) is 0 Å². The molecule has 2 aromatic carbocycles. The lowest BCUT2D eigenvalue weighted by Gasteiger charge is -2.12. The molecule has 4 aromatic rings. The molecule has 0 saturated carbocycles. The van der Waals surface area contributed by atoms with Gasteiger partial charge in [0.15, 0.2) is 11.4 Å². The summed E-state index contributed by atoms with van der Waals surface area (Å²) in [5.74, 6) is -0.0549. The van der Waals surface area contributed by atoms with Crippen molar-refractivity contribution in [2.24, 2.45) is 0 Å². The monoisotopic (exact) mass is 355 g/mol. The van der Waals surface area contributed by atoms with Gasteiger partial charge in [-0.3, -0.25) is 14.2 Å². The fraction of sp³-hybridized carbons (Fsp3) is 0.0909. The quantitative estimate of drug-likeness (QED) is 0.525. The molecule has 2 heterocycles. The number of fused-ring (bicyclic) bond motifs is 1. The largest absolute Gasteiger partial charge is 0.295 e. The van der Waals surface area contributed by atoms with E-state index in [0.717, 1.165) is 5.56 Å². The first-order valence-electron chi connectivity index (χ1n) is 8.65. The summed E-state index contributed by atoms with van der Waals surface area (Å²) < 4.78 is 1.53. The van der Waals surface area contributed by atoms with Crippen LogP contribution in [0.2, 0.25) is 0 Å². The van der Waals surface area contributed by atoms with Crippen molar-refractivity contribution in [1.82, 2.24) is 14.5 Å². The Morgan fingerprint density at radius 3 is 2.59 bits per heavy atom. The Bertz CT molecular complexity index is 1200. The number of hydrogen-bond donors (Lipinski definition) is 0. The average Bonchev–Trinajstić information content (AvgIpc) is 2.69. The van der Waals surface area contributed by atoms with E-state index in [2.05, 4.69) is 9.97 Å². The van der Waals surface area contributed by atoms with Crippen LogP contribution in [0.4, 0.5) is 0 Å². The lowest BCUT2D eigenvalue weighted by atomic mass is 10.1. The predicted octanol–water partition coefficient (Wildman–Crippen LogP) is 3.57. The second-order valence-electron chi connectivity index (χ2n) is 6.31. The van der Waals surface area contributed by atoms with E-state index < -0.39 is 0 Å². The van der Waals surface area contributed by atoms with Crippen molar-refractivity contribution in [3.63, 3.8) is 0 Å². The van der Waals surface area contributed by atoms with E-state index in [1.54, 1.807) is 36.5 Å². The van der Waals surface area contributed by atoms with Crippen molar-refractivity contribution < 1.29 is 4.79 Å². The van der Waals surface area contributed by atoms with Gasteiger partial charge in [-0.05, 0) is 36.8 Å². The summed E-state index contributed by atoms with van der Waals surface area (Å²) in [6, 6.07) is 20.4. The lowest BCUT2D eigenvalue weighted by Crippen LogP contribution is -2.25. The first-order chi connectivity index (χ1) is 13.1. The van der Waals surface area contributed by atoms with E-state index in [9.17, 15) is 9.59 Å². The molecule has 0 fully saturated rings. The number of Topliss-reactive ketones (excluding diaryl/α,β-unsaturated/α-hetero) is 1. The summed E-state index contributed by atoms with van der Waals surface area (Å²) in [7, 11) is 0. The molecule has 0 atom stereocenters. The molecular formula is C22H17N3O2. The molecule has 0 unspecified atom stereocenters. The number of aromatic nitrogens is 3. The minimum absolute atomic E-state index is 0.0549. The standard InChI is InChI=1S/C22H17N3O2/c1-15(26)17-9-5-10-18(14-17)25-21-19(11-6-12-23-21)24-20(22(25)27)13-16-7-3-2-4-8-16/h2-12,14H,13H2,1H3. The molecule has 132 valence electrons. The van der Waals surface area contributed by atoms with Crippen LogP contribution in [0.15, 0.2) is 77.7 Å². The Balaban J connectivity index is 1.96. The second-order valence-corrected chi connectivity index (χ2v) is 6.31. The van der Waals surface area contributed by atoms with Crippen molar-refractivity contribution in [3.05, 3.63) is 100 Å². The molecule has 0 bridgehead atoms. The molecule has 0 spiro atoms. The molecule has 5 nitrogen and oxygen atoms in total. The van der Waals surface area contributed by atoms with Gasteiger partial charge in [-0.1, -0.05) is 42.5 Å². The van der Waals surface area contributed by atoms with Gasteiger partial charge in [-0.2, -0.15) is 0 Å². The van der Waals surface area contributed by atoms with Crippen molar-refractivity contribution in [2.45, 2.75) is 13.3 Å². The fourth-order valence-corrected chi connectivity index (χ4v) is 3.07. The van der Waals surface area contributed by atoms with Crippen LogP contribution in [0.5, 0.6) is 0 Å². The van der Waals surface area contributed by atoms with Gasteiger partial charge >= 0.3 is 0 Å². The van der Waals surface area contributed by atoms with Crippen molar-refractivity contribution >= 4 is 16.9 Å².